The average Bonchev–Trinajstić information content (AvgIpc) is 3.31. The van der Waals surface area contributed by atoms with E-state index in [1.165, 1.54) is 12.8 Å². The molecule has 0 aliphatic carbocycles. The van der Waals surface area contributed by atoms with E-state index in [9.17, 15) is 4.79 Å². The molecule has 1 aromatic carbocycles. The summed E-state index contributed by atoms with van der Waals surface area (Å²) in [5, 5.41) is 12.9. The van der Waals surface area contributed by atoms with Crippen LogP contribution in [-0.2, 0) is 7.05 Å². The first kappa shape index (κ1) is 16.2. The lowest BCUT2D eigenvalue weighted by atomic mass is 10.1. The molecule has 130 valence electrons. The van der Waals surface area contributed by atoms with E-state index in [1.54, 1.807) is 30.1 Å². The van der Waals surface area contributed by atoms with Crippen LogP contribution in [0.25, 0.3) is 10.9 Å². The van der Waals surface area contributed by atoms with Crippen molar-refractivity contribution in [2.45, 2.75) is 12.8 Å². The Labute approximate surface area is 151 Å². The normalized spacial score (nSPS) is 13.8. The maximum Gasteiger partial charge on any atom is 0.272 e. The Hall–Kier alpha value is -3.33. The Kier molecular flexibility index (Phi) is 4.05. The molecule has 0 radical (unpaired) electrons. The highest BCUT2D eigenvalue weighted by Crippen LogP contribution is 2.32. The number of pyridine rings is 1. The van der Waals surface area contributed by atoms with Crippen LogP contribution in [0.5, 0.6) is 0 Å². The molecule has 1 N–H and O–H groups in total. The van der Waals surface area contributed by atoms with Crippen molar-refractivity contribution in [1.82, 2.24) is 9.55 Å². The minimum Gasteiger partial charge on any atom is -0.370 e. The van der Waals surface area contributed by atoms with Crippen LogP contribution in [0.3, 0.4) is 0 Å². The van der Waals surface area contributed by atoms with Gasteiger partial charge < -0.3 is 14.8 Å². The van der Waals surface area contributed by atoms with Gasteiger partial charge in [-0.25, -0.2) is 0 Å². The number of aryl methyl sites for hydroxylation is 1. The summed E-state index contributed by atoms with van der Waals surface area (Å²) >= 11 is 0. The predicted molar refractivity (Wildman–Crippen MR) is 101 cm³/mol. The lowest BCUT2D eigenvalue weighted by Crippen LogP contribution is -2.19. The number of benzene rings is 1. The zero-order chi connectivity index (χ0) is 18.1. The van der Waals surface area contributed by atoms with E-state index in [-0.39, 0.29) is 5.91 Å². The molecular formula is C20H19N5O. The fraction of sp³-hybridized carbons (Fsp3) is 0.250. The molecule has 1 amide bonds. The van der Waals surface area contributed by atoms with Crippen LogP contribution in [0, 0.1) is 11.3 Å². The van der Waals surface area contributed by atoms with Crippen molar-refractivity contribution in [3.05, 3.63) is 54.0 Å². The van der Waals surface area contributed by atoms with Crippen LogP contribution in [0.4, 0.5) is 11.4 Å². The minimum atomic E-state index is -0.243. The number of anilines is 2. The van der Waals surface area contributed by atoms with Crippen LogP contribution in [0.1, 0.15) is 28.9 Å². The van der Waals surface area contributed by atoms with Gasteiger partial charge in [0, 0.05) is 37.9 Å². The second kappa shape index (κ2) is 6.52. The zero-order valence-corrected chi connectivity index (χ0v) is 14.6. The number of hydrogen-bond acceptors (Lipinski definition) is 4. The van der Waals surface area contributed by atoms with E-state index >= 15 is 0 Å². The van der Waals surface area contributed by atoms with Crippen molar-refractivity contribution in [2.75, 3.05) is 23.3 Å². The van der Waals surface area contributed by atoms with Crippen molar-refractivity contribution in [1.29, 1.82) is 5.26 Å². The fourth-order valence-electron chi connectivity index (χ4n) is 3.52. The quantitative estimate of drug-likeness (QED) is 0.790. The lowest BCUT2D eigenvalue weighted by Gasteiger charge is -2.20. The minimum absolute atomic E-state index is 0.243. The Bertz CT molecular complexity index is 1020. The van der Waals surface area contributed by atoms with Gasteiger partial charge >= 0.3 is 0 Å². The summed E-state index contributed by atoms with van der Waals surface area (Å²) in [7, 11) is 1.76. The summed E-state index contributed by atoms with van der Waals surface area (Å²) < 4.78 is 1.66. The Balaban J connectivity index is 1.71. The second-order valence-electron chi connectivity index (χ2n) is 6.52. The summed E-state index contributed by atoms with van der Waals surface area (Å²) in [4.78, 5) is 19.6. The van der Waals surface area contributed by atoms with Gasteiger partial charge in [0.2, 0.25) is 0 Å². The van der Waals surface area contributed by atoms with Gasteiger partial charge in [-0.2, -0.15) is 5.26 Å². The lowest BCUT2D eigenvalue weighted by molar-refractivity contribution is 0.101. The maximum absolute atomic E-state index is 12.7. The van der Waals surface area contributed by atoms with Crippen LogP contribution >= 0.6 is 0 Å². The highest BCUT2D eigenvalue weighted by atomic mass is 16.1. The molecule has 6 nitrogen and oxygen atoms in total. The van der Waals surface area contributed by atoms with Crippen molar-refractivity contribution in [2.24, 2.45) is 7.05 Å². The first-order valence-corrected chi connectivity index (χ1v) is 8.68. The number of rotatable bonds is 3. The van der Waals surface area contributed by atoms with Gasteiger partial charge in [0.25, 0.3) is 5.91 Å². The smallest absolute Gasteiger partial charge is 0.272 e. The number of amides is 1. The molecule has 3 heterocycles. The summed E-state index contributed by atoms with van der Waals surface area (Å²) in [5.74, 6) is -0.243. The molecule has 0 bridgehead atoms. The first-order chi connectivity index (χ1) is 12.7. The summed E-state index contributed by atoms with van der Waals surface area (Å²) in [6, 6.07) is 11.5. The maximum atomic E-state index is 12.7. The summed E-state index contributed by atoms with van der Waals surface area (Å²) in [6.07, 6.45) is 5.82. The second-order valence-corrected chi connectivity index (χ2v) is 6.52. The molecule has 0 spiro atoms. The number of aromatic nitrogens is 2. The molecule has 1 fully saturated rings. The monoisotopic (exact) mass is 345 g/mol. The molecule has 0 saturated carbocycles. The average molecular weight is 345 g/mol. The molecular weight excluding hydrogens is 326 g/mol. The summed E-state index contributed by atoms with van der Waals surface area (Å²) in [5.41, 5.74) is 3.65. The van der Waals surface area contributed by atoms with Gasteiger partial charge in [0.15, 0.2) is 0 Å². The van der Waals surface area contributed by atoms with Crippen molar-refractivity contribution < 1.29 is 4.79 Å². The number of hydrogen-bond donors (Lipinski definition) is 1. The third-order valence-electron chi connectivity index (χ3n) is 4.81. The molecule has 26 heavy (non-hydrogen) atoms. The molecule has 1 aliphatic heterocycles. The van der Waals surface area contributed by atoms with Crippen LogP contribution in [-0.4, -0.2) is 28.5 Å². The van der Waals surface area contributed by atoms with Crippen molar-refractivity contribution >= 4 is 28.2 Å². The molecule has 1 aliphatic rings. The number of carbonyl (C=O) groups excluding carboxylic acids is 1. The Morgan fingerprint density at radius 2 is 2.08 bits per heavy atom. The van der Waals surface area contributed by atoms with E-state index in [2.05, 4.69) is 21.3 Å². The third kappa shape index (κ3) is 2.78. The molecule has 3 aromatic rings. The van der Waals surface area contributed by atoms with Gasteiger partial charge in [-0.05, 0) is 43.2 Å². The van der Waals surface area contributed by atoms with E-state index in [0.29, 0.717) is 11.3 Å². The number of carbonyl (C=O) groups is 1. The molecule has 4 rings (SSSR count). The molecule has 0 unspecified atom stereocenters. The highest BCUT2D eigenvalue weighted by Gasteiger charge is 2.18. The van der Waals surface area contributed by atoms with Crippen LogP contribution in [0.15, 0.2) is 42.7 Å². The van der Waals surface area contributed by atoms with E-state index in [0.717, 1.165) is 35.4 Å². The number of nitrogens with one attached hydrogen (secondary N) is 1. The van der Waals surface area contributed by atoms with E-state index in [4.69, 9.17) is 5.26 Å². The van der Waals surface area contributed by atoms with Gasteiger partial charge in [0.1, 0.15) is 11.8 Å². The topological polar surface area (TPSA) is 74.0 Å². The van der Waals surface area contributed by atoms with E-state index in [1.807, 2.05) is 24.3 Å². The largest absolute Gasteiger partial charge is 0.370 e. The SMILES string of the molecule is Cn1cc(C#N)cc1C(=O)Nc1ccc(N2CCCC2)c2ncccc12. The van der Waals surface area contributed by atoms with Gasteiger partial charge in [-0.15, -0.1) is 0 Å². The molecule has 1 saturated heterocycles. The van der Waals surface area contributed by atoms with Crippen molar-refractivity contribution in [3.8, 4) is 6.07 Å². The standard InChI is InChI=1S/C20H19N5O/c1-24-13-14(12-21)11-18(24)20(26)23-16-6-7-17(25-9-2-3-10-25)19-15(16)5-4-8-22-19/h4-8,11,13H,2-3,9-10H2,1H3,(H,23,26). The van der Waals surface area contributed by atoms with E-state index < -0.39 is 0 Å². The number of nitrogens with zero attached hydrogens (tertiary/aromatic N) is 4. The van der Waals surface area contributed by atoms with Gasteiger partial charge in [-0.1, -0.05) is 0 Å². The Morgan fingerprint density at radius 3 is 2.81 bits per heavy atom. The zero-order valence-electron chi connectivity index (χ0n) is 14.6. The number of nitriles is 1. The fourth-order valence-corrected chi connectivity index (χ4v) is 3.52. The Morgan fingerprint density at radius 1 is 1.27 bits per heavy atom. The van der Waals surface area contributed by atoms with Crippen LogP contribution in [0.2, 0.25) is 0 Å². The molecule has 6 heteroatoms. The van der Waals surface area contributed by atoms with Gasteiger partial charge in [0.05, 0.1) is 22.5 Å². The molecule has 2 aromatic heterocycles. The van der Waals surface area contributed by atoms with Crippen LogP contribution < -0.4 is 10.2 Å². The summed E-state index contributed by atoms with van der Waals surface area (Å²) in [6.45, 7) is 2.08. The third-order valence-corrected chi connectivity index (χ3v) is 4.81. The predicted octanol–water partition coefficient (Wildman–Crippen LogP) is 3.30. The molecule has 0 atom stereocenters. The highest BCUT2D eigenvalue weighted by molar-refractivity contribution is 6.10. The van der Waals surface area contributed by atoms with Crippen molar-refractivity contribution in [3.63, 3.8) is 0 Å². The first-order valence-electron chi connectivity index (χ1n) is 8.68. The van der Waals surface area contributed by atoms with Gasteiger partial charge in [-0.3, -0.25) is 9.78 Å². The number of fused-ring (bicyclic) bond motifs is 1.